The van der Waals surface area contributed by atoms with E-state index in [1.54, 1.807) is 23.6 Å². The predicted molar refractivity (Wildman–Crippen MR) is 108 cm³/mol. The molecule has 0 unspecified atom stereocenters. The zero-order valence-corrected chi connectivity index (χ0v) is 16.6. The molecule has 4 aromatic rings. The highest BCUT2D eigenvalue weighted by Gasteiger charge is 2.18. The summed E-state index contributed by atoms with van der Waals surface area (Å²) < 4.78 is 1.13. The second kappa shape index (κ2) is 7.08. The van der Waals surface area contributed by atoms with E-state index in [0.29, 0.717) is 11.6 Å². The van der Waals surface area contributed by atoms with E-state index < -0.39 is 0 Å². The van der Waals surface area contributed by atoms with Gasteiger partial charge in [0.1, 0.15) is 10.8 Å². The van der Waals surface area contributed by atoms with Gasteiger partial charge in [-0.15, -0.1) is 21.5 Å². The molecule has 28 heavy (non-hydrogen) atoms. The van der Waals surface area contributed by atoms with E-state index in [9.17, 15) is 4.79 Å². The third-order valence-corrected chi connectivity index (χ3v) is 5.03. The van der Waals surface area contributed by atoms with Crippen molar-refractivity contribution in [2.24, 2.45) is 0 Å². The Bertz CT molecular complexity index is 1090. The number of tetrazole rings is 1. The van der Waals surface area contributed by atoms with Crippen LogP contribution in [0.5, 0.6) is 0 Å². The fourth-order valence-electron chi connectivity index (χ4n) is 2.52. The minimum atomic E-state index is -0.278. The molecule has 0 spiro atoms. The van der Waals surface area contributed by atoms with Crippen molar-refractivity contribution in [3.63, 3.8) is 0 Å². The maximum absolute atomic E-state index is 12.2. The minimum absolute atomic E-state index is 0.0391. The lowest BCUT2D eigenvalue weighted by molar-refractivity contribution is -0.115. The molecule has 142 valence electrons. The molecule has 3 heterocycles. The van der Waals surface area contributed by atoms with Crippen LogP contribution in [-0.4, -0.2) is 36.1 Å². The second-order valence-electron chi connectivity index (χ2n) is 7.31. The van der Waals surface area contributed by atoms with E-state index in [1.807, 2.05) is 51.1 Å². The number of para-hydroxylation sites is 1. The number of pyridine rings is 1. The van der Waals surface area contributed by atoms with Gasteiger partial charge in [-0.1, -0.05) is 12.1 Å². The Kier molecular flexibility index (Phi) is 4.60. The minimum Gasteiger partial charge on any atom is -0.310 e. The highest BCUT2D eigenvalue weighted by atomic mass is 32.1. The van der Waals surface area contributed by atoms with Crippen LogP contribution in [0.1, 0.15) is 26.6 Å². The largest absolute Gasteiger partial charge is 0.310 e. The van der Waals surface area contributed by atoms with Gasteiger partial charge in [-0.05, 0) is 50.3 Å². The highest BCUT2D eigenvalue weighted by molar-refractivity contribution is 7.21. The first-order valence-electron chi connectivity index (χ1n) is 8.80. The Hall–Kier alpha value is -3.20. The zero-order valence-electron chi connectivity index (χ0n) is 15.7. The molecule has 0 bridgehead atoms. The van der Waals surface area contributed by atoms with Crippen molar-refractivity contribution in [1.82, 2.24) is 30.2 Å². The second-order valence-corrected chi connectivity index (χ2v) is 8.34. The molecule has 0 aliphatic heterocycles. The number of carbonyl (C=O) groups excluding carboxylic acids is 1. The monoisotopic (exact) mass is 393 g/mol. The summed E-state index contributed by atoms with van der Waals surface area (Å²) in [5.74, 6) is 0.602. The number of nitrogens with zero attached hydrogens (tertiary/aromatic N) is 6. The Balaban J connectivity index is 1.42. The van der Waals surface area contributed by atoms with Gasteiger partial charge in [0, 0.05) is 11.8 Å². The first-order valence-corrected chi connectivity index (χ1v) is 9.61. The Morgan fingerprint density at radius 2 is 2.00 bits per heavy atom. The Morgan fingerprint density at radius 3 is 2.68 bits per heavy atom. The van der Waals surface area contributed by atoms with Crippen LogP contribution >= 0.6 is 11.3 Å². The Labute approximate surface area is 165 Å². The van der Waals surface area contributed by atoms with Gasteiger partial charge in [0.2, 0.25) is 5.91 Å². The van der Waals surface area contributed by atoms with Gasteiger partial charge in [0.25, 0.3) is 0 Å². The lowest BCUT2D eigenvalue weighted by Crippen LogP contribution is -2.25. The molecule has 1 amide bonds. The number of hydrogen-bond acceptors (Lipinski definition) is 7. The predicted octanol–water partition coefficient (Wildman–Crippen LogP) is 3.28. The van der Waals surface area contributed by atoms with Crippen LogP contribution in [-0.2, 0) is 16.8 Å². The van der Waals surface area contributed by atoms with Crippen LogP contribution in [0.25, 0.3) is 20.8 Å². The molecule has 1 N–H and O–H groups in total. The normalized spacial score (nSPS) is 11.7. The summed E-state index contributed by atoms with van der Waals surface area (Å²) in [5.41, 5.74) is 1.60. The van der Waals surface area contributed by atoms with Crippen LogP contribution in [0.3, 0.4) is 0 Å². The molecule has 1 aromatic carbocycles. The number of anilines is 1. The molecule has 0 fully saturated rings. The smallest absolute Gasteiger partial charge is 0.233 e. The molecular weight excluding hydrogens is 374 g/mol. The van der Waals surface area contributed by atoms with Crippen LogP contribution in [0, 0.1) is 0 Å². The lowest BCUT2D eigenvalue weighted by atomic mass is 10.1. The molecule has 8 nitrogen and oxygen atoms in total. The average molecular weight is 393 g/mol. The van der Waals surface area contributed by atoms with E-state index in [2.05, 4.69) is 30.7 Å². The molecule has 0 radical (unpaired) electrons. The number of aromatic nitrogens is 6. The third-order valence-electron chi connectivity index (χ3n) is 3.95. The zero-order chi connectivity index (χ0) is 19.7. The first-order chi connectivity index (χ1) is 13.4. The number of rotatable bonds is 4. The van der Waals surface area contributed by atoms with Crippen LogP contribution < -0.4 is 5.32 Å². The van der Waals surface area contributed by atoms with Crippen LogP contribution in [0.15, 0.2) is 42.6 Å². The van der Waals surface area contributed by atoms with Gasteiger partial charge in [-0.25, -0.2) is 9.97 Å². The van der Waals surface area contributed by atoms with E-state index in [4.69, 9.17) is 0 Å². The van der Waals surface area contributed by atoms with Gasteiger partial charge >= 0.3 is 0 Å². The molecule has 0 atom stereocenters. The fourth-order valence-corrected chi connectivity index (χ4v) is 3.47. The fraction of sp³-hybridized carbons (Fsp3) is 0.263. The standard InChI is InChI=1S/C19H19N7OS/c1-19(2,3)26-24-16(23-25-26)10-17(27)22-15-9-8-12(11-20-15)18-21-13-6-4-5-7-14(13)28-18/h4-9,11H,10H2,1-3H3,(H,20,22,27). The van der Waals surface area contributed by atoms with E-state index in [1.165, 1.54) is 4.80 Å². The van der Waals surface area contributed by atoms with Crippen molar-refractivity contribution in [2.45, 2.75) is 32.7 Å². The number of amides is 1. The van der Waals surface area contributed by atoms with E-state index in [0.717, 1.165) is 20.8 Å². The molecule has 0 saturated heterocycles. The SMILES string of the molecule is CC(C)(C)n1nnc(CC(=O)Nc2ccc(-c3nc4ccccc4s3)cn2)n1. The number of carbonyl (C=O) groups is 1. The molecule has 0 aliphatic carbocycles. The summed E-state index contributed by atoms with van der Waals surface area (Å²) in [6.45, 7) is 5.90. The van der Waals surface area contributed by atoms with Gasteiger partial charge in [0.15, 0.2) is 5.82 Å². The van der Waals surface area contributed by atoms with Crippen molar-refractivity contribution >= 4 is 33.3 Å². The Morgan fingerprint density at radius 1 is 1.18 bits per heavy atom. The quantitative estimate of drug-likeness (QED) is 0.571. The molecule has 0 aliphatic rings. The van der Waals surface area contributed by atoms with Crippen molar-refractivity contribution in [3.05, 3.63) is 48.4 Å². The number of benzene rings is 1. The van der Waals surface area contributed by atoms with Gasteiger partial charge in [-0.2, -0.15) is 4.80 Å². The van der Waals surface area contributed by atoms with Gasteiger partial charge < -0.3 is 5.32 Å². The number of hydrogen-bond donors (Lipinski definition) is 1. The molecule has 0 saturated carbocycles. The summed E-state index contributed by atoms with van der Waals surface area (Å²) in [7, 11) is 0. The van der Waals surface area contributed by atoms with Crippen molar-refractivity contribution in [1.29, 1.82) is 0 Å². The highest BCUT2D eigenvalue weighted by Crippen LogP contribution is 2.29. The molecular formula is C19H19N7OS. The number of fused-ring (bicyclic) bond motifs is 1. The molecule has 4 rings (SSSR count). The topological polar surface area (TPSA) is 98.5 Å². The summed E-state index contributed by atoms with van der Waals surface area (Å²) >= 11 is 1.61. The summed E-state index contributed by atoms with van der Waals surface area (Å²) in [6, 6.07) is 11.7. The van der Waals surface area contributed by atoms with Crippen LogP contribution in [0.2, 0.25) is 0 Å². The first kappa shape index (κ1) is 18.2. The molecule has 3 aromatic heterocycles. The van der Waals surface area contributed by atoms with Crippen molar-refractivity contribution in [2.75, 3.05) is 5.32 Å². The van der Waals surface area contributed by atoms with Gasteiger partial charge in [0.05, 0.1) is 22.2 Å². The van der Waals surface area contributed by atoms with Crippen molar-refractivity contribution < 1.29 is 4.79 Å². The average Bonchev–Trinajstić information content (AvgIpc) is 3.28. The van der Waals surface area contributed by atoms with E-state index >= 15 is 0 Å². The maximum atomic E-state index is 12.2. The lowest BCUT2D eigenvalue weighted by Gasteiger charge is -2.15. The maximum Gasteiger partial charge on any atom is 0.233 e. The molecule has 9 heteroatoms. The third kappa shape index (κ3) is 3.89. The number of thiazole rings is 1. The summed E-state index contributed by atoms with van der Waals surface area (Å²) in [6.07, 6.45) is 1.75. The summed E-state index contributed by atoms with van der Waals surface area (Å²) in [4.78, 5) is 22.7. The number of nitrogens with one attached hydrogen (secondary N) is 1. The van der Waals surface area contributed by atoms with Gasteiger partial charge in [-0.3, -0.25) is 4.79 Å². The van der Waals surface area contributed by atoms with E-state index in [-0.39, 0.29) is 17.9 Å². The van der Waals surface area contributed by atoms with Crippen LogP contribution in [0.4, 0.5) is 5.82 Å². The van der Waals surface area contributed by atoms with Crippen molar-refractivity contribution in [3.8, 4) is 10.6 Å². The summed E-state index contributed by atoms with van der Waals surface area (Å²) in [5, 5.41) is 15.8.